The highest BCUT2D eigenvalue weighted by molar-refractivity contribution is 5.60. The highest BCUT2D eigenvalue weighted by atomic mass is 19.1. The van der Waals surface area contributed by atoms with E-state index in [1.807, 2.05) is 11.9 Å². The third-order valence-corrected chi connectivity index (χ3v) is 2.32. The van der Waals surface area contributed by atoms with Crippen LogP contribution in [0.1, 0.15) is 0 Å². The molecule has 1 atom stereocenters. The van der Waals surface area contributed by atoms with Crippen LogP contribution in [-0.2, 0) is 0 Å². The van der Waals surface area contributed by atoms with Crippen LogP contribution in [0.2, 0.25) is 0 Å². The number of nitrogens with zero attached hydrogens (tertiary/aromatic N) is 1. The average molecular weight is 197 g/mol. The quantitative estimate of drug-likeness (QED) is 0.729. The zero-order valence-corrected chi connectivity index (χ0v) is 7.90. The molecule has 0 aromatic heterocycles. The zero-order valence-electron chi connectivity index (χ0n) is 7.90. The van der Waals surface area contributed by atoms with Gasteiger partial charge in [-0.2, -0.15) is 0 Å². The van der Waals surface area contributed by atoms with Gasteiger partial charge in [0.25, 0.3) is 0 Å². The second-order valence-electron chi connectivity index (χ2n) is 3.39. The Labute approximate surface area is 81.7 Å². The van der Waals surface area contributed by atoms with Gasteiger partial charge in [0.05, 0.1) is 18.8 Å². The van der Waals surface area contributed by atoms with Crippen LogP contribution in [0.3, 0.4) is 0 Å². The number of para-hydroxylation sites is 1. The standard InChI is InChI=1S/C10H12FNO2/c1-12-5-7(6-13)14-10-8(11)3-2-4-9(10)12/h2-4,7,13H,5-6H2,1H3/t7-/m0/s1. The summed E-state index contributed by atoms with van der Waals surface area (Å²) in [6.07, 6.45) is -0.343. The molecular formula is C10H12FNO2. The lowest BCUT2D eigenvalue weighted by Crippen LogP contribution is -2.40. The molecule has 0 saturated carbocycles. The molecule has 0 aliphatic carbocycles. The number of hydrogen-bond acceptors (Lipinski definition) is 3. The number of aliphatic hydroxyl groups excluding tert-OH is 1. The summed E-state index contributed by atoms with van der Waals surface area (Å²) in [6.45, 7) is 0.477. The predicted octanol–water partition coefficient (Wildman–Crippen LogP) is 1.02. The van der Waals surface area contributed by atoms with Crippen molar-refractivity contribution in [3.05, 3.63) is 24.0 Å². The number of fused-ring (bicyclic) bond motifs is 1. The first-order chi connectivity index (χ1) is 6.72. The van der Waals surface area contributed by atoms with E-state index in [1.54, 1.807) is 12.1 Å². The molecule has 0 amide bonds. The first kappa shape index (κ1) is 9.27. The second-order valence-corrected chi connectivity index (χ2v) is 3.39. The van der Waals surface area contributed by atoms with E-state index in [-0.39, 0.29) is 24.3 Å². The normalized spacial score (nSPS) is 20.2. The van der Waals surface area contributed by atoms with Crippen molar-refractivity contribution in [2.45, 2.75) is 6.10 Å². The first-order valence-electron chi connectivity index (χ1n) is 4.49. The predicted molar refractivity (Wildman–Crippen MR) is 51.2 cm³/mol. The largest absolute Gasteiger partial charge is 0.481 e. The highest BCUT2D eigenvalue weighted by Crippen LogP contribution is 2.34. The fourth-order valence-corrected chi connectivity index (χ4v) is 1.62. The molecule has 0 bridgehead atoms. The monoisotopic (exact) mass is 197 g/mol. The third kappa shape index (κ3) is 1.42. The molecule has 1 aromatic rings. The Morgan fingerprint density at radius 2 is 2.43 bits per heavy atom. The molecule has 3 nitrogen and oxygen atoms in total. The van der Waals surface area contributed by atoms with E-state index in [4.69, 9.17) is 9.84 Å². The van der Waals surface area contributed by atoms with Crippen molar-refractivity contribution < 1.29 is 14.2 Å². The van der Waals surface area contributed by atoms with E-state index < -0.39 is 0 Å². The number of hydrogen-bond donors (Lipinski definition) is 1. The molecule has 4 heteroatoms. The zero-order chi connectivity index (χ0) is 10.1. The van der Waals surface area contributed by atoms with E-state index in [0.717, 1.165) is 5.69 Å². The molecule has 14 heavy (non-hydrogen) atoms. The van der Waals surface area contributed by atoms with Crippen LogP contribution in [0.15, 0.2) is 18.2 Å². The van der Waals surface area contributed by atoms with Crippen LogP contribution in [0.5, 0.6) is 5.75 Å². The molecule has 0 unspecified atom stereocenters. The summed E-state index contributed by atoms with van der Waals surface area (Å²) in [5.74, 6) is -0.146. The summed E-state index contributed by atoms with van der Waals surface area (Å²) in [4.78, 5) is 1.88. The van der Waals surface area contributed by atoms with Crippen LogP contribution in [0.4, 0.5) is 10.1 Å². The molecule has 0 spiro atoms. The molecule has 0 fully saturated rings. The molecule has 0 saturated heterocycles. The summed E-state index contributed by atoms with van der Waals surface area (Å²) in [6, 6.07) is 4.80. The molecule has 2 rings (SSSR count). The second kappa shape index (κ2) is 3.46. The van der Waals surface area contributed by atoms with Gasteiger partial charge in [-0.15, -0.1) is 0 Å². The van der Waals surface area contributed by atoms with E-state index >= 15 is 0 Å². The number of ether oxygens (including phenoxy) is 1. The van der Waals surface area contributed by atoms with Crippen LogP contribution >= 0.6 is 0 Å². The SMILES string of the molecule is CN1C[C@@H](CO)Oc2c(F)cccc21. The Kier molecular flexibility index (Phi) is 2.29. The van der Waals surface area contributed by atoms with Gasteiger partial charge in [0.1, 0.15) is 6.10 Å². The van der Waals surface area contributed by atoms with Crippen molar-refractivity contribution in [3.8, 4) is 5.75 Å². The van der Waals surface area contributed by atoms with Crippen molar-refractivity contribution in [2.75, 3.05) is 25.1 Å². The number of halogens is 1. The molecule has 0 radical (unpaired) electrons. The molecule has 1 aliphatic heterocycles. The maximum absolute atomic E-state index is 13.3. The van der Waals surface area contributed by atoms with Gasteiger partial charge in [0.2, 0.25) is 0 Å². The molecule has 1 N–H and O–H groups in total. The fourth-order valence-electron chi connectivity index (χ4n) is 1.62. The van der Waals surface area contributed by atoms with Crippen molar-refractivity contribution in [2.24, 2.45) is 0 Å². The van der Waals surface area contributed by atoms with Crippen LogP contribution in [0.25, 0.3) is 0 Å². The summed E-state index contributed by atoms with van der Waals surface area (Å²) in [5, 5.41) is 8.95. The molecule has 1 aromatic carbocycles. The average Bonchev–Trinajstić information content (AvgIpc) is 2.19. The van der Waals surface area contributed by atoms with Crippen molar-refractivity contribution in [3.63, 3.8) is 0 Å². The van der Waals surface area contributed by atoms with E-state index in [9.17, 15) is 4.39 Å². The van der Waals surface area contributed by atoms with E-state index in [0.29, 0.717) is 6.54 Å². The van der Waals surface area contributed by atoms with Crippen molar-refractivity contribution >= 4 is 5.69 Å². The van der Waals surface area contributed by atoms with Gasteiger partial charge in [0.15, 0.2) is 11.6 Å². The summed E-state index contributed by atoms with van der Waals surface area (Å²) < 4.78 is 18.6. The molecule has 76 valence electrons. The Morgan fingerprint density at radius 1 is 1.64 bits per heavy atom. The Balaban J connectivity index is 2.40. The Hall–Kier alpha value is -1.29. The van der Waals surface area contributed by atoms with E-state index in [2.05, 4.69) is 0 Å². The van der Waals surface area contributed by atoms with Gasteiger partial charge in [-0.05, 0) is 12.1 Å². The minimum absolute atomic E-state index is 0.0991. The Bertz CT molecular complexity index is 343. The highest BCUT2D eigenvalue weighted by Gasteiger charge is 2.24. The number of likely N-dealkylation sites (N-methyl/N-ethyl adjacent to an activating group) is 1. The maximum Gasteiger partial charge on any atom is 0.178 e. The third-order valence-electron chi connectivity index (χ3n) is 2.32. The number of rotatable bonds is 1. The lowest BCUT2D eigenvalue weighted by Gasteiger charge is -2.32. The summed E-state index contributed by atoms with van der Waals surface area (Å²) >= 11 is 0. The number of anilines is 1. The summed E-state index contributed by atoms with van der Waals surface area (Å²) in [7, 11) is 1.85. The Morgan fingerprint density at radius 3 is 3.14 bits per heavy atom. The molecule has 1 aliphatic rings. The van der Waals surface area contributed by atoms with E-state index in [1.165, 1.54) is 6.07 Å². The van der Waals surface area contributed by atoms with Gasteiger partial charge >= 0.3 is 0 Å². The van der Waals surface area contributed by atoms with Crippen LogP contribution < -0.4 is 9.64 Å². The lowest BCUT2D eigenvalue weighted by molar-refractivity contribution is 0.109. The molecular weight excluding hydrogens is 185 g/mol. The van der Waals surface area contributed by atoms with Gasteiger partial charge in [-0.3, -0.25) is 0 Å². The number of benzene rings is 1. The van der Waals surface area contributed by atoms with Gasteiger partial charge in [-0.25, -0.2) is 4.39 Å². The number of aliphatic hydroxyl groups is 1. The van der Waals surface area contributed by atoms with Gasteiger partial charge < -0.3 is 14.7 Å². The van der Waals surface area contributed by atoms with Crippen LogP contribution in [-0.4, -0.2) is 31.4 Å². The van der Waals surface area contributed by atoms with Gasteiger partial charge in [-0.1, -0.05) is 6.07 Å². The molecule has 1 heterocycles. The van der Waals surface area contributed by atoms with Crippen molar-refractivity contribution in [1.29, 1.82) is 0 Å². The maximum atomic E-state index is 13.3. The van der Waals surface area contributed by atoms with Crippen LogP contribution in [0, 0.1) is 5.82 Å². The first-order valence-corrected chi connectivity index (χ1v) is 4.49. The fraction of sp³-hybridized carbons (Fsp3) is 0.400. The van der Waals surface area contributed by atoms with Gasteiger partial charge in [0, 0.05) is 7.05 Å². The smallest absolute Gasteiger partial charge is 0.178 e. The topological polar surface area (TPSA) is 32.7 Å². The summed E-state index contributed by atoms with van der Waals surface area (Å²) in [5.41, 5.74) is 0.731. The van der Waals surface area contributed by atoms with Crippen molar-refractivity contribution in [1.82, 2.24) is 0 Å². The lowest BCUT2D eigenvalue weighted by atomic mass is 10.2. The minimum atomic E-state index is -0.382. The minimum Gasteiger partial charge on any atom is -0.481 e.